The lowest BCUT2D eigenvalue weighted by Gasteiger charge is -2.29. The molecule has 3 atom stereocenters. The van der Waals surface area contributed by atoms with Crippen LogP contribution < -0.4 is 5.32 Å². The van der Waals surface area contributed by atoms with E-state index in [1.165, 1.54) is 7.05 Å². The molecular formula is C23H34N2O7. The van der Waals surface area contributed by atoms with Gasteiger partial charge in [0.1, 0.15) is 18.2 Å². The van der Waals surface area contributed by atoms with E-state index in [0.29, 0.717) is 12.0 Å². The molecule has 9 nitrogen and oxygen atoms in total. The maximum atomic E-state index is 12.9. The summed E-state index contributed by atoms with van der Waals surface area (Å²) < 4.78 is 10.3. The number of carbonyl (C=O) groups is 4. The van der Waals surface area contributed by atoms with Crippen molar-refractivity contribution >= 4 is 23.9 Å². The van der Waals surface area contributed by atoms with E-state index in [2.05, 4.69) is 5.32 Å². The molecular weight excluding hydrogens is 416 g/mol. The zero-order valence-corrected chi connectivity index (χ0v) is 19.6. The fraction of sp³-hybridized carbons (Fsp3) is 0.565. The molecule has 2 N–H and O–H groups in total. The van der Waals surface area contributed by atoms with Crippen molar-refractivity contribution in [3.63, 3.8) is 0 Å². The number of benzene rings is 1. The molecule has 0 heterocycles. The highest BCUT2D eigenvalue weighted by atomic mass is 16.6. The molecule has 0 spiro atoms. The molecule has 1 aromatic rings. The third kappa shape index (κ3) is 9.36. The van der Waals surface area contributed by atoms with Crippen molar-refractivity contribution in [3.05, 3.63) is 35.9 Å². The van der Waals surface area contributed by atoms with Crippen molar-refractivity contribution in [1.29, 1.82) is 0 Å². The largest absolute Gasteiger partial charge is 0.478 e. The molecule has 0 saturated heterocycles. The van der Waals surface area contributed by atoms with Gasteiger partial charge in [-0.05, 0) is 32.3 Å². The number of carboxylic acids is 1. The molecule has 0 unspecified atom stereocenters. The molecule has 0 saturated carbocycles. The van der Waals surface area contributed by atoms with Crippen LogP contribution in [0.25, 0.3) is 0 Å². The van der Waals surface area contributed by atoms with E-state index in [9.17, 15) is 24.3 Å². The molecule has 0 aliphatic carbocycles. The maximum absolute atomic E-state index is 12.9. The minimum atomic E-state index is -1.38. The van der Waals surface area contributed by atoms with Crippen LogP contribution in [0.5, 0.6) is 0 Å². The predicted octanol–water partition coefficient (Wildman–Crippen LogP) is 2.62. The van der Waals surface area contributed by atoms with Gasteiger partial charge in [-0.1, -0.05) is 50.6 Å². The fourth-order valence-electron chi connectivity index (χ4n) is 2.83. The number of nitrogens with zero attached hydrogens (tertiary/aromatic N) is 1. The molecule has 0 aliphatic rings. The van der Waals surface area contributed by atoms with E-state index in [0.717, 1.165) is 4.90 Å². The van der Waals surface area contributed by atoms with E-state index in [4.69, 9.17) is 9.47 Å². The van der Waals surface area contributed by atoms with Crippen molar-refractivity contribution in [3.8, 4) is 0 Å². The van der Waals surface area contributed by atoms with Crippen molar-refractivity contribution in [2.24, 2.45) is 5.92 Å². The number of esters is 1. The standard InChI is InChI=1S/C23H34N2O7/c1-7-15(2)19(24-22(30)32-23(3,4)5)20(27)25(6)14-18(26)31-17(21(28)29)13-16-11-9-8-10-12-16/h8-12,15,17,19H,7,13-14H2,1-6H3,(H,24,30)(H,28,29)/t15-,17-,19+/m1/s1. The first-order chi connectivity index (χ1) is 14.8. The quantitative estimate of drug-likeness (QED) is 0.525. The Bertz CT molecular complexity index is 789. The summed E-state index contributed by atoms with van der Waals surface area (Å²) >= 11 is 0. The lowest BCUT2D eigenvalue weighted by Crippen LogP contribution is -2.52. The fourth-order valence-corrected chi connectivity index (χ4v) is 2.83. The SMILES string of the molecule is CC[C@@H](C)[C@H](NC(=O)OC(C)(C)C)C(=O)N(C)CC(=O)O[C@H](Cc1ccccc1)C(=O)O. The molecule has 2 amide bonds. The monoisotopic (exact) mass is 450 g/mol. The lowest BCUT2D eigenvalue weighted by atomic mass is 9.98. The molecule has 1 rings (SSSR count). The molecule has 0 fully saturated rings. The van der Waals surface area contributed by atoms with Crippen LogP contribution in [-0.4, -0.2) is 65.3 Å². The Morgan fingerprint density at radius 1 is 1.12 bits per heavy atom. The van der Waals surface area contributed by atoms with E-state index in [1.54, 1.807) is 58.0 Å². The summed E-state index contributed by atoms with van der Waals surface area (Å²) in [6.45, 7) is 8.35. The highest BCUT2D eigenvalue weighted by Gasteiger charge is 2.32. The zero-order valence-electron chi connectivity index (χ0n) is 19.6. The molecule has 32 heavy (non-hydrogen) atoms. The van der Waals surface area contributed by atoms with Gasteiger partial charge in [0.2, 0.25) is 12.0 Å². The number of alkyl carbamates (subject to hydrolysis) is 1. The van der Waals surface area contributed by atoms with E-state index in [1.807, 2.05) is 6.92 Å². The van der Waals surface area contributed by atoms with Gasteiger partial charge < -0.3 is 24.8 Å². The van der Waals surface area contributed by atoms with Gasteiger partial charge in [0.05, 0.1) is 0 Å². The first kappa shape index (κ1) is 26.9. The average molecular weight is 451 g/mol. The van der Waals surface area contributed by atoms with Gasteiger partial charge in [0.25, 0.3) is 0 Å². The Balaban J connectivity index is 2.79. The van der Waals surface area contributed by atoms with Crippen LogP contribution in [0.1, 0.15) is 46.6 Å². The number of aliphatic carboxylic acids is 1. The number of rotatable bonds is 10. The van der Waals surface area contributed by atoms with Crippen LogP contribution in [-0.2, 0) is 30.3 Å². The van der Waals surface area contributed by atoms with Gasteiger partial charge in [-0.15, -0.1) is 0 Å². The summed E-state index contributed by atoms with van der Waals surface area (Å²) in [5.41, 5.74) is -0.0245. The molecule has 0 bridgehead atoms. The van der Waals surface area contributed by atoms with Gasteiger partial charge in [0, 0.05) is 13.5 Å². The van der Waals surface area contributed by atoms with Crippen LogP contribution in [0.3, 0.4) is 0 Å². The number of hydrogen-bond acceptors (Lipinski definition) is 6. The minimum absolute atomic E-state index is 0.00919. The third-order valence-electron chi connectivity index (χ3n) is 4.71. The lowest BCUT2D eigenvalue weighted by molar-refractivity contribution is -0.165. The van der Waals surface area contributed by atoms with Crippen LogP contribution in [0.15, 0.2) is 30.3 Å². The number of carboxylic acid groups (broad SMARTS) is 1. The van der Waals surface area contributed by atoms with E-state index >= 15 is 0 Å². The van der Waals surface area contributed by atoms with Crippen molar-refractivity contribution in [2.45, 2.75) is 65.2 Å². The number of ether oxygens (including phenoxy) is 2. The number of amides is 2. The molecule has 1 aromatic carbocycles. The molecule has 178 valence electrons. The average Bonchev–Trinajstić information content (AvgIpc) is 2.69. The summed E-state index contributed by atoms with van der Waals surface area (Å²) in [4.78, 5) is 50.1. The summed E-state index contributed by atoms with van der Waals surface area (Å²) in [6.07, 6.45) is -1.50. The maximum Gasteiger partial charge on any atom is 0.408 e. The van der Waals surface area contributed by atoms with Crippen LogP contribution in [0, 0.1) is 5.92 Å². The van der Waals surface area contributed by atoms with Crippen LogP contribution in [0.2, 0.25) is 0 Å². The van der Waals surface area contributed by atoms with Crippen LogP contribution >= 0.6 is 0 Å². The van der Waals surface area contributed by atoms with Gasteiger partial charge in [-0.25, -0.2) is 9.59 Å². The Kier molecular flexibility index (Phi) is 10.2. The van der Waals surface area contributed by atoms with Gasteiger partial charge >= 0.3 is 18.0 Å². The third-order valence-corrected chi connectivity index (χ3v) is 4.71. The minimum Gasteiger partial charge on any atom is -0.478 e. The summed E-state index contributed by atoms with van der Waals surface area (Å²) in [7, 11) is 1.39. The first-order valence-electron chi connectivity index (χ1n) is 10.5. The number of hydrogen-bond donors (Lipinski definition) is 2. The van der Waals surface area contributed by atoms with Gasteiger partial charge in [-0.2, -0.15) is 0 Å². The first-order valence-corrected chi connectivity index (χ1v) is 10.5. The second-order valence-electron chi connectivity index (χ2n) is 8.71. The Hall–Kier alpha value is -3.10. The molecule has 0 radical (unpaired) electrons. The normalized spacial score (nSPS) is 13.9. The summed E-state index contributed by atoms with van der Waals surface area (Å²) in [5, 5.41) is 12.0. The molecule has 0 aliphatic heterocycles. The zero-order chi connectivity index (χ0) is 24.5. The number of nitrogens with one attached hydrogen (secondary N) is 1. The predicted molar refractivity (Wildman–Crippen MR) is 118 cm³/mol. The van der Waals surface area contributed by atoms with E-state index in [-0.39, 0.29) is 12.3 Å². The summed E-state index contributed by atoms with van der Waals surface area (Å²) in [6, 6.07) is 7.87. The number of likely N-dealkylation sites (N-methyl/N-ethyl adjacent to an activating group) is 1. The number of carbonyl (C=O) groups excluding carboxylic acids is 3. The molecule has 9 heteroatoms. The smallest absolute Gasteiger partial charge is 0.408 e. The second-order valence-corrected chi connectivity index (χ2v) is 8.71. The van der Waals surface area contributed by atoms with Crippen molar-refractivity contribution in [2.75, 3.05) is 13.6 Å². The highest BCUT2D eigenvalue weighted by molar-refractivity contribution is 5.89. The van der Waals surface area contributed by atoms with Crippen molar-refractivity contribution < 1.29 is 33.8 Å². The molecule has 0 aromatic heterocycles. The Labute approximate surface area is 189 Å². The van der Waals surface area contributed by atoms with Gasteiger partial charge in [-0.3, -0.25) is 9.59 Å². The topological polar surface area (TPSA) is 122 Å². The van der Waals surface area contributed by atoms with E-state index < -0.39 is 48.2 Å². The Morgan fingerprint density at radius 2 is 1.72 bits per heavy atom. The van der Waals surface area contributed by atoms with Gasteiger partial charge in [0.15, 0.2) is 0 Å². The Morgan fingerprint density at radius 3 is 2.22 bits per heavy atom. The highest BCUT2D eigenvalue weighted by Crippen LogP contribution is 2.13. The van der Waals surface area contributed by atoms with Crippen molar-refractivity contribution in [1.82, 2.24) is 10.2 Å². The van der Waals surface area contributed by atoms with Crippen LogP contribution in [0.4, 0.5) is 4.79 Å². The second kappa shape index (κ2) is 12.1. The summed E-state index contributed by atoms with van der Waals surface area (Å²) in [5.74, 6) is -2.86.